The van der Waals surface area contributed by atoms with E-state index in [4.69, 9.17) is 0 Å². The number of Topliss-reactive ketones (excluding diaryl/α,β-unsaturated/α-hetero) is 1. The maximum Gasteiger partial charge on any atom is 0.137 e. The van der Waals surface area contributed by atoms with Crippen LogP contribution in [0.4, 0.5) is 0 Å². The van der Waals surface area contributed by atoms with E-state index >= 15 is 0 Å². The molecule has 1 nitrogen and oxygen atoms in total. The molecule has 0 aromatic heterocycles. The molecule has 2 rings (SSSR count). The van der Waals surface area contributed by atoms with Crippen LogP contribution in [0.3, 0.4) is 0 Å². The zero-order valence-electron chi connectivity index (χ0n) is 8.22. The number of rotatable bonds is 0. The van der Waals surface area contributed by atoms with Gasteiger partial charge in [-0.2, -0.15) is 0 Å². The predicted octanol–water partition coefficient (Wildman–Crippen LogP) is 3.14. The summed E-state index contributed by atoms with van der Waals surface area (Å²) in [5.41, 5.74) is 2.53. The smallest absolute Gasteiger partial charge is 0.137 e. The fraction of sp³-hybridized carbons (Fsp3) is 0.417. The topological polar surface area (TPSA) is 17.1 Å². The van der Waals surface area contributed by atoms with Crippen molar-refractivity contribution in [1.29, 1.82) is 0 Å². The molecule has 0 aliphatic heterocycles. The maximum atomic E-state index is 11.6. The van der Waals surface area contributed by atoms with Crippen molar-refractivity contribution >= 4 is 21.7 Å². The molecule has 0 bridgehead atoms. The van der Waals surface area contributed by atoms with Crippen molar-refractivity contribution in [3.8, 4) is 0 Å². The van der Waals surface area contributed by atoms with Gasteiger partial charge in [0.1, 0.15) is 5.78 Å². The molecule has 0 fully saturated rings. The molecule has 1 atom stereocenters. The SMILES string of the molecule is CC1CC(=O)Cc2cccc(Br)c2C1. The minimum absolute atomic E-state index is 0.370. The Morgan fingerprint density at radius 2 is 2.14 bits per heavy atom. The third-order valence-electron chi connectivity index (χ3n) is 2.73. The van der Waals surface area contributed by atoms with Gasteiger partial charge in [-0.1, -0.05) is 35.0 Å². The van der Waals surface area contributed by atoms with Gasteiger partial charge in [0.15, 0.2) is 0 Å². The summed E-state index contributed by atoms with van der Waals surface area (Å²) in [7, 11) is 0. The van der Waals surface area contributed by atoms with Gasteiger partial charge in [0.05, 0.1) is 0 Å². The van der Waals surface area contributed by atoms with Gasteiger partial charge in [0.2, 0.25) is 0 Å². The van der Waals surface area contributed by atoms with E-state index in [0.29, 0.717) is 18.1 Å². The summed E-state index contributed by atoms with van der Waals surface area (Å²) in [6, 6.07) is 6.13. The number of fused-ring (bicyclic) bond motifs is 1. The molecule has 1 unspecified atom stereocenters. The second-order valence-electron chi connectivity index (χ2n) is 4.11. The summed E-state index contributed by atoms with van der Waals surface area (Å²) in [4.78, 5) is 11.6. The number of benzene rings is 1. The van der Waals surface area contributed by atoms with E-state index in [-0.39, 0.29) is 0 Å². The van der Waals surface area contributed by atoms with Crippen molar-refractivity contribution in [3.63, 3.8) is 0 Å². The molecule has 0 spiro atoms. The first-order valence-corrected chi connectivity index (χ1v) is 5.74. The Kier molecular flexibility index (Phi) is 2.73. The Bertz CT molecular complexity index is 371. The van der Waals surface area contributed by atoms with Gasteiger partial charge in [0, 0.05) is 17.3 Å². The van der Waals surface area contributed by atoms with Gasteiger partial charge in [-0.25, -0.2) is 0 Å². The summed E-state index contributed by atoms with van der Waals surface area (Å²) in [6.45, 7) is 2.15. The zero-order chi connectivity index (χ0) is 10.1. The van der Waals surface area contributed by atoms with Crippen LogP contribution in [0.25, 0.3) is 0 Å². The van der Waals surface area contributed by atoms with Crippen LogP contribution in [-0.2, 0) is 17.6 Å². The van der Waals surface area contributed by atoms with E-state index in [2.05, 4.69) is 35.0 Å². The third-order valence-corrected chi connectivity index (χ3v) is 3.48. The van der Waals surface area contributed by atoms with Gasteiger partial charge in [-0.05, 0) is 29.5 Å². The lowest BCUT2D eigenvalue weighted by molar-refractivity contribution is -0.119. The molecule has 0 heterocycles. The molecule has 1 aromatic rings. The minimum Gasteiger partial charge on any atom is -0.299 e. The molecule has 0 N–H and O–H groups in total. The monoisotopic (exact) mass is 252 g/mol. The maximum absolute atomic E-state index is 11.6. The summed E-state index contributed by atoms with van der Waals surface area (Å²) in [5.74, 6) is 0.844. The van der Waals surface area contributed by atoms with E-state index in [0.717, 1.165) is 17.3 Å². The van der Waals surface area contributed by atoms with Crippen molar-refractivity contribution in [2.45, 2.75) is 26.2 Å². The van der Waals surface area contributed by atoms with E-state index in [1.807, 2.05) is 6.07 Å². The van der Waals surface area contributed by atoms with Gasteiger partial charge in [-0.3, -0.25) is 4.79 Å². The average molecular weight is 253 g/mol. The fourth-order valence-corrected chi connectivity index (χ4v) is 2.66. The number of halogens is 1. The fourth-order valence-electron chi connectivity index (χ4n) is 2.09. The number of ketones is 1. The second kappa shape index (κ2) is 3.85. The van der Waals surface area contributed by atoms with Gasteiger partial charge < -0.3 is 0 Å². The number of carbonyl (C=O) groups excluding carboxylic acids is 1. The molecule has 0 radical (unpaired) electrons. The van der Waals surface area contributed by atoms with Gasteiger partial charge >= 0.3 is 0 Å². The second-order valence-corrected chi connectivity index (χ2v) is 4.96. The van der Waals surface area contributed by atoms with Crippen molar-refractivity contribution < 1.29 is 4.79 Å². The highest BCUT2D eigenvalue weighted by Crippen LogP contribution is 2.28. The normalized spacial score (nSPS) is 21.6. The van der Waals surface area contributed by atoms with Crippen LogP contribution >= 0.6 is 15.9 Å². The Hall–Kier alpha value is -0.630. The van der Waals surface area contributed by atoms with Crippen LogP contribution in [0.1, 0.15) is 24.5 Å². The molecule has 0 amide bonds. The van der Waals surface area contributed by atoms with Crippen LogP contribution in [0.5, 0.6) is 0 Å². The first-order valence-electron chi connectivity index (χ1n) is 4.95. The Morgan fingerprint density at radius 1 is 1.36 bits per heavy atom. The average Bonchev–Trinajstić information content (AvgIpc) is 2.23. The van der Waals surface area contributed by atoms with E-state index < -0.39 is 0 Å². The molecular weight excluding hydrogens is 240 g/mol. The predicted molar refractivity (Wildman–Crippen MR) is 60.3 cm³/mol. The largest absolute Gasteiger partial charge is 0.299 e. The summed E-state index contributed by atoms with van der Waals surface area (Å²) in [6.07, 6.45) is 2.35. The van der Waals surface area contributed by atoms with E-state index in [1.165, 1.54) is 11.1 Å². The molecule has 1 aromatic carbocycles. The number of hydrogen-bond acceptors (Lipinski definition) is 1. The molecule has 1 aliphatic carbocycles. The highest BCUT2D eigenvalue weighted by atomic mass is 79.9. The van der Waals surface area contributed by atoms with Crippen LogP contribution in [0.2, 0.25) is 0 Å². The first kappa shape index (κ1) is 9.91. The molecular formula is C12H13BrO. The summed E-state index contributed by atoms with van der Waals surface area (Å²) in [5, 5.41) is 0. The third kappa shape index (κ3) is 1.90. The minimum atomic E-state index is 0.370. The lowest BCUT2D eigenvalue weighted by Crippen LogP contribution is -2.04. The van der Waals surface area contributed by atoms with E-state index in [9.17, 15) is 4.79 Å². The molecule has 0 saturated carbocycles. The van der Waals surface area contributed by atoms with Crippen molar-refractivity contribution in [3.05, 3.63) is 33.8 Å². The van der Waals surface area contributed by atoms with Crippen LogP contribution in [-0.4, -0.2) is 5.78 Å². The van der Waals surface area contributed by atoms with Gasteiger partial charge in [0.25, 0.3) is 0 Å². The molecule has 2 heteroatoms. The molecule has 1 aliphatic rings. The molecule has 14 heavy (non-hydrogen) atoms. The summed E-state index contributed by atoms with van der Waals surface area (Å²) < 4.78 is 1.15. The highest BCUT2D eigenvalue weighted by molar-refractivity contribution is 9.10. The highest BCUT2D eigenvalue weighted by Gasteiger charge is 2.19. The summed E-state index contributed by atoms with van der Waals surface area (Å²) >= 11 is 3.55. The standard InChI is InChI=1S/C12H13BrO/c1-8-5-10(14)7-9-3-2-4-12(13)11(9)6-8/h2-4,8H,5-7H2,1H3. The lowest BCUT2D eigenvalue weighted by atomic mass is 9.99. The van der Waals surface area contributed by atoms with Gasteiger partial charge in [-0.15, -0.1) is 0 Å². The number of carbonyl (C=O) groups is 1. The Balaban J connectivity index is 2.46. The molecule has 74 valence electrons. The van der Waals surface area contributed by atoms with Crippen LogP contribution in [0.15, 0.2) is 22.7 Å². The quantitative estimate of drug-likeness (QED) is 0.649. The molecule has 0 saturated heterocycles. The number of hydrogen-bond donors (Lipinski definition) is 0. The first-order chi connectivity index (χ1) is 6.66. The van der Waals surface area contributed by atoms with E-state index in [1.54, 1.807) is 0 Å². The Labute approximate surface area is 92.6 Å². The van der Waals surface area contributed by atoms with Crippen molar-refractivity contribution in [2.24, 2.45) is 5.92 Å². The van der Waals surface area contributed by atoms with Crippen LogP contribution < -0.4 is 0 Å². The van der Waals surface area contributed by atoms with Crippen molar-refractivity contribution in [2.75, 3.05) is 0 Å². The lowest BCUT2D eigenvalue weighted by Gasteiger charge is -2.09. The Morgan fingerprint density at radius 3 is 2.93 bits per heavy atom. The van der Waals surface area contributed by atoms with Crippen LogP contribution in [0, 0.1) is 5.92 Å². The zero-order valence-corrected chi connectivity index (χ0v) is 9.80. The van der Waals surface area contributed by atoms with Crippen molar-refractivity contribution in [1.82, 2.24) is 0 Å².